The Labute approximate surface area is 162 Å². The van der Waals surface area contributed by atoms with Gasteiger partial charge in [0.25, 0.3) is 5.91 Å². The Morgan fingerprint density at radius 1 is 1.04 bits per heavy atom. The molecule has 2 aromatic carbocycles. The van der Waals surface area contributed by atoms with E-state index in [2.05, 4.69) is 10.2 Å². The van der Waals surface area contributed by atoms with Gasteiger partial charge in [0.1, 0.15) is 12.7 Å². The summed E-state index contributed by atoms with van der Waals surface area (Å²) in [6, 6.07) is 14.5. The summed E-state index contributed by atoms with van der Waals surface area (Å²) in [7, 11) is 0. The Bertz CT molecular complexity index is 1000. The van der Waals surface area contributed by atoms with Crippen molar-refractivity contribution in [2.45, 2.75) is 12.8 Å². The molecule has 2 heterocycles. The van der Waals surface area contributed by atoms with Crippen LogP contribution in [0.2, 0.25) is 0 Å². The Morgan fingerprint density at radius 3 is 2.57 bits per heavy atom. The summed E-state index contributed by atoms with van der Waals surface area (Å²) in [4.78, 5) is 25.9. The van der Waals surface area contributed by atoms with Crippen molar-refractivity contribution in [1.29, 1.82) is 0 Å². The Morgan fingerprint density at radius 2 is 1.79 bits per heavy atom. The smallest absolute Gasteiger partial charge is 0.335 e. The van der Waals surface area contributed by atoms with E-state index in [1.165, 1.54) is 0 Å². The second-order valence-electron chi connectivity index (χ2n) is 7.04. The van der Waals surface area contributed by atoms with E-state index in [9.17, 15) is 9.59 Å². The summed E-state index contributed by atoms with van der Waals surface area (Å²) in [5.74, 6) is -0.580. The molecule has 1 aromatic heterocycles. The number of aromatic carboxylic acids is 1. The number of nitrogens with zero attached hydrogens (tertiary/aromatic N) is 4. The number of carboxylic acid groups (broad SMARTS) is 1. The number of rotatable bonds is 5. The van der Waals surface area contributed by atoms with Crippen LogP contribution in [0.5, 0.6) is 0 Å². The Kier molecular flexibility index (Phi) is 4.89. The summed E-state index contributed by atoms with van der Waals surface area (Å²) in [6.07, 6.45) is 4.88. The quantitative estimate of drug-likeness (QED) is 0.740. The molecule has 1 aliphatic heterocycles. The standard InChI is InChI=1S/C21H20N4O3/c26-20(17-4-2-6-19(11-17)25-13-22-23-14-25)24-8-7-16(12-24)9-15-3-1-5-18(10-15)21(27)28/h1-6,10-11,13-14,16H,7-9,12H2,(H,27,28)/t16-/m1/s1. The average molecular weight is 376 g/mol. The zero-order chi connectivity index (χ0) is 19.5. The van der Waals surface area contributed by atoms with Crippen molar-refractivity contribution in [3.8, 4) is 5.69 Å². The van der Waals surface area contributed by atoms with Crippen LogP contribution in [0, 0.1) is 5.92 Å². The zero-order valence-corrected chi connectivity index (χ0v) is 15.2. The molecule has 4 rings (SSSR count). The number of carboxylic acids is 1. The molecule has 28 heavy (non-hydrogen) atoms. The molecular formula is C21H20N4O3. The van der Waals surface area contributed by atoms with Gasteiger partial charge in [-0.15, -0.1) is 10.2 Å². The van der Waals surface area contributed by atoms with Crippen LogP contribution in [0.1, 0.15) is 32.7 Å². The molecule has 0 radical (unpaired) electrons. The van der Waals surface area contributed by atoms with Gasteiger partial charge in [0, 0.05) is 24.3 Å². The van der Waals surface area contributed by atoms with Crippen LogP contribution in [0.25, 0.3) is 5.69 Å². The van der Waals surface area contributed by atoms with Crippen LogP contribution in [0.15, 0.2) is 61.2 Å². The second-order valence-corrected chi connectivity index (χ2v) is 7.04. The lowest BCUT2D eigenvalue weighted by atomic mass is 9.97. The molecule has 1 fully saturated rings. The van der Waals surface area contributed by atoms with Gasteiger partial charge in [-0.25, -0.2) is 4.79 Å². The van der Waals surface area contributed by atoms with Gasteiger partial charge >= 0.3 is 5.97 Å². The van der Waals surface area contributed by atoms with E-state index in [1.54, 1.807) is 35.4 Å². The average Bonchev–Trinajstić information content (AvgIpc) is 3.40. The normalized spacial score (nSPS) is 16.3. The van der Waals surface area contributed by atoms with Crippen LogP contribution >= 0.6 is 0 Å². The number of aromatic nitrogens is 3. The number of hydrogen-bond donors (Lipinski definition) is 1. The minimum Gasteiger partial charge on any atom is -0.478 e. The summed E-state index contributed by atoms with van der Waals surface area (Å²) in [5.41, 5.74) is 2.78. The lowest BCUT2D eigenvalue weighted by Gasteiger charge is -2.17. The van der Waals surface area contributed by atoms with Gasteiger partial charge in [-0.05, 0) is 54.7 Å². The molecule has 0 unspecified atom stereocenters. The molecule has 0 bridgehead atoms. The fourth-order valence-electron chi connectivity index (χ4n) is 3.66. The molecule has 0 aliphatic carbocycles. The van der Waals surface area contributed by atoms with Crippen molar-refractivity contribution in [2.75, 3.05) is 13.1 Å². The predicted molar refractivity (Wildman–Crippen MR) is 102 cm³/mol. The van der Waals surface area contributed by atoms with Gasteiger partial charge in [-0.2, -0.15) is 0 Å². The summed E-state index contributed by atoms with van der Waals surface area (Å²) in [5, 5.41) is 16.7. The Balaban J connectivity index is 1.43. The van der Waals surface area contributed by atoms with E-state index >= 15 is 0 Å². The minimum absolute atomic E-state index is 0.0108. The third kappa shape index (κ3) is 3.78. The summed E-state index contributed by atoms with van der Waals surface area (Å²) in [6.45, 7) is 1.38. The maximum Gasteiger partial charge on any atom is 0.335 e. The van der Waals surface area contributed by atoms with Crippen molar-refractivity contribution < 1.29 is 14.7 Å². The molecule has 7 nitrogen and oxygen atoms in total. The fraction of sp³-hybridized carbons (Fsp3) is 0.238. The van der Waals surface area contributed by atoms with Crippen molar-refractivity contribution in [1.82, 2.24) is 19.7 Å². The maximum atomic E-state index is 12.9. The number of amides is 1. The first-order chi connectivity index (χ1) is 13.6. The largest absolute Gasteiger partial charge is 0.478 e. The molecule has 0 saturated carbocycles. The molecule has 3 aromatic rings. The monoisotopic (exact) mass is 376 g/mol. The molecule has 1 amide bonds. The molecule has 1 saturated heterocycles. The first kappa shape index (κ1) is 17.9. The highest BCUT2D eigenvalue weighted by atomic mass is 16.4. The highest BCUT2D eigenvalue weighted by molar-refractivity contribution is 5.95. The topological polar surface area (TPSA) is 88.3 Å². The SMILES string of the molecule is O=C(O)c1cccc(C[C@H]2CCN(C(=O)c3cccc(-n4cnnc4)c3)C2)c1. The van der Waals surface area contributed by atoms with Crippen LogP contribution in [0.3, 0.4) is 0 Å². The van der Waals surface area contributed by atoms with E-state index in [-0.39, 0.29) is 5.91 Å². The van der Waals surface area contributed by atoms with Gasteiger partial charge in [0.2, 0.25) is 0 Å². The van der Waals surface area contributed by atoms with E-state index in [4.69, 9.17) is 5.11 Å². The van der Waals surface area contributed by atoms with E-state index in [0.29, 0.717) is 30.1 Å². The third-order valence-corrected chi connectivity index (χ3v) is 5.08. The number of likely N-dealkylation sites (tertiary alicyclic amines) is 1. The van der Waals surface area contributed by atoms with Crippen LogP contribution < -0.4 is 0 Å². The lowest BCUT2D eigenvalue weighted by molar-refractivity contribution is 0.0696. The summed E-state index contributed by atoms with van der Waals surface area (Å²) >= 11 is 0. The van der Waals surface area contributed by atoms with Gasteiger partial charge < -0.3 is 10.0 Å². The zero-order valence-electron chi connectivity index (χ0n) is 15.2. The van der Waals surface area contributed by atoms with Crippen LogP contribution in [-0.2, 0) is 6.42 Å². The van der Waals surface area contributed by atoms with E-state index < -0.39 is 5.97 Å². The number of benzene rings is 2. The van der Waals surface area contributed by atoms with Crippen LogP contribution in [-0.4, -0.2) is 49.7 Å². The highest BCUT2D eigenvalue weighted by Crippen LogP contribution is 2.23. The molecule has 1 atom stereocenters. The number of hydrogen-bond acceptors (Lipinski definition) is 4. The van der Waals surface area contributed by atoms with Crippen molar-refractivity contribution in [2.24, 2.45) is 5.92 Å². The van der Waals surface area contributed by atoms with Gasteiger partial charge in [0.05, 0.1) is 5.56 Å². The van der Waals surface area contributed by atoms with Crippen molar-refractivity contribution >= 4 is 11.9 Å². The van der Waals surface area contributed by atoms with Crippen molar-refractivity contribution in [3.05, 3.63) is 77.9 Å². The highest BCUT2D eigenvalue weighted by Gasteiger charge is 2.27. The maximum absolute atomic E-state index is 12.9. The first-order valence-corrected chi connectivity index (χ1v) is 9.17. The second kappa shape index (κ2) is 7.64. The fourth-order valence-corrected chi connectivity index (χ4v) is 3.66. The number of carbonyl (C=O) groups is 2. The van der Waals surface area contributed by atoms with Gasteiger partial charge in [0.15, 0.2) is 0 Å². The van der Waals surface area contributed by atoms with E-state index in [0.717, 1.165) is 24.1 Å². The number of carbonyl (C=O) groups excluding carboxylic acids is 1. The molecule has 142 valence electrons. The minimum atomic E-state index is -0.918. The molecule has 1 N–H and O–H groups in total. The Hall–Kier alpha value is -3.48. The molecule has 0 spiro atoms. The summed E-state index contributed by atoms with van der Waals surface area (Å²) < 4.78 is 1.76. The lowest BCUT2D eigenvalue weighted by Crippen LogP contribution is -2.29. The van der Waals surface area contributed by atoms with Gasteiger partial charge in [-0.1, -0.05) is 18.2 Å². The predicted octanol–water partition coefficient (Wildman–Crippen LogP) is 2.67. The van der Waals surface area contributed by atoms with E-state index in [1.807, 2.05) is 35.2 Å². The molecule has 7 heteroatoms. The van der Waals surface area contributed by atoms with Gasteiger partial charge in [-0.3, -0.25) is 9.36 Å². The first-order valence-electron chi connectivity index (χ1n) is 9.17. The third-order valence-electron chi connectivity index (χ3n) is 5.08. The molecule has 1 aliphatic rings. The van der Waals surface area contributed by atoms with Crippen molar-refractivity contribution in [3.63, 3.8) is 0 Å². The molecular weight excluding hydrogens is 356 g/mol. The van der Waals surface area contributed by atoms with Crippen LogP contribution in [0.4, 0.5) is 0 Å².